The zero-order valence-corrected chi connectivity index (χ0v) is 12.7. The number of para-hydroxylation sites is 2. The third kappa shape index (κ3) is 3.29. The zero-order valence-electron chi connectivity index (χ0n) is 10.3. The molecule has 3 nitrogen and oxygen atoms in total. The fourth-order valence-electron chi connectivity index (χ4n) is 1.97. The van der Waals surface area contributed by atoms with Crippen LogP contribution in [0.4, 0.5) is 0 Å². The number of rotatable bonds is 4. The summed E-state index contributed by atoms with van der Waals surface area (Å²) in [5.74, 6) is 1.67. The molecule has 2 heterocycles. The average molecular weight is 340 g/mol. The molecule has 1 aliphatic rings. The van der Waals surface area contributed by atoms with Crippen molar-refractivity contribution in [1.82, 2.24) is 5.32 Å². The molecule has 1 aromatic heterocycles. The van der Waals surface area contributed by atoms with E-state index in [0.717, 1.165) is 29.1 Å². The summed E-state index contributed by atoms with van der Waals surface area (Å²) in [5, 5.41) is 5.49. The first-order valence-corrected chi connectivity index (χ1v) is 7.80. The van der Waals surface area contributed by atoms with E-state index in [1.807, 2.05) is 24.3 Å². The highest BCUT2D eigenvalue weighted by molar-refractivity contribution is 9.10. The Morgan fingerprint density at radius 2 is 2.16 bits per heavy atom. The van der Waals surface area contributed by atoms with Crippen LogP contribution in [0.2, 0.25) is 0 Å². The second-order valence-corrected chi connectivity index (χ2v) is 6.27. The van der Waals surface area contributed by atoms with Gasteiger partial charge in [-0.25, -0.2) is 0 Å². The summed E-state index contributed by atoms with van der Waals surface area (Å²) in [6, 6.07) is 9.92. The molecular weight excluding hydrogens is 326 g/mol. The Labute approximate surface area is 124 Å². The number of fused-ring (bicyclic) bond motifs is 1. The van der Waals surface area contributed by atoms with Crippen molar-refractivity contribution in [3.63, 3.8) is 0 Å². The standard InChI is InChI=1S/C14H14BrNO2S/c15-10-5-12(19-9-10)7-16-6-11-8-17-13-3-1-2-4-14(13)18-11/h1-5,9,11,16H,6-8H2/t11-/m1/s1. The monoisotopic (exact) mass is 339 g/mol. The largest absolute Gasteiger partial charge is 0.486 e. The van der Waals surface area contributed by atoms with Gasteiger partial charge in [0.25, 0.3) is 0 Å². The summed E-state index contributed by atoms with van der Waals surface area (Å²) in [7, 11) is 0. The van der Waals surface area contributed by atoms with Crippen LogP contribution in [0.25, 0.3) is 0 Å². The highest BCUT2D eigenvalue weighted by Crippen LogP contribution is 2.30. The van der Waals surface area contributed by atoms with E-state index < -0.39 is 0 Å². The quantitative estimate of drug-likeness (QED) is 0.925. The number of hydrogen-bond acceptors (Lipinski definition) is 4. The molecule has 19 heavy (non-hydrogen) atoms. The van der Waals surface area contributed by atoms with Gasteiger partial charge in [0.05, 0.1) is 0 Å². The van der Waals surface area contributed by atoms with Crippen molar-refractivity contribution in [3.05, 3.63) is 45.1 Å². The van der Waals surface area contributed by atoms with Gasteiger partial charge in [-0.15, -0.1) is 11.3 Å². The van der Waals surface area contributed by atoms with Gasteiger partial charge in [-0.1, -0.05) is 12.1 Å². The first-order chi connectivity index (χ1) is 9.31. The van der Waals surface area contributed by atoms with Gasteiger partial charge >= 0.3 is 0 Å². The molecule has 0 fully saturated rings. The number of thiophene rings is 1. The normalized spacial score (nSPS) is 17.4. The Bertz CT molecular complexity index is 558. The molecule has 0 saturated carbocycles. The van der Waals surface area contributed by atoms with E-state index in [1.54, 1.807) is 11.3 Å². The van der Waals surface area contributed by atoms with Crippen LogP contribution in [-0.4, -0.2) is 19.3 Å². The van der Waals surface area contributed by atoms with E-state index in [0.29, 0.717) is 6.61 Å². The summed E-state index contributed by atoms with van der Waals surface area (Å²) in [6.45, 7) is 2.24. The molecule has 0 saturated heterocycles. The van der Waals surface area contributed by atoms with E-state index in [2.05, 4.69) is 32.7 Å². The smallest absolute Gasteiger partial charge is 0.161 e. The van der Waals surface area contributed by atoms with E-state index in [1.165, 1.54) is 4.88 Å². The maximum absolute atomic E-state index is 5.88. The van der Waals surface area contributed by atoms with Crippen LogP contribution >= 0.6 is 27.3 Å². The van der Waals surface area contributed by atoms with Crippen LogP contribution in [0.5, 0.6) is 11.5 Å². The number of nitrogens with one attached hydrogen (secondary N) is 1. The van der Waals surface area contributed by atoms with Gasteiger partial charge in [-0.2, -0.15) is 0 Å². The Morgan fingerprint density at radius 1 is 1.32 bits per heavy atom. The van der Waals surface area contributed by atoms with E-state index in [4.69, 9.17) is 9.47 Å². The van der Waals surface area contributed by atoms with Crippen molar-refractivity contribution in [2.24, 2.45) is 0 Å². The highest BCUT2D eigenvalue weighted by Gasteiger charge is 2.19. The van der Waals surface area contributed by atoms with Crippen molar-refractivity contribution < 1.29 is 9.47 Å². The summed E-state index contributed by atoms with van der Waals surface area (Å²) in [4.78, 5) is 1.31. The molecular formula is C14H14BrNO2S. The van der Waals surface area contributed by atoms with Gasteiger partial charge in [-0.05, 0) is 34.1 Å². The van der Waals surface area contributed by atoms with Crippen molar-refractivity contribution in [1.29, 1.82) is 0 Å². The predicted octanol–water partition coefficient (Wildman–Crippen LogP) is 3.44. The Morgan fingerprint density at radius 3 is 2.95 bits per heavy atom. The molecule has 0 unspecified atom stereocenters. The van der Waals surface area contributed by atoms with Crippen molar-refractivity contribution >= 4 is 27.3 Å². The van der Waals surface area contributed by atoms with E-state index in [-0.39, 0.29) is 6.10 Å². The van der Waals surface area contributed by atoms with Crippen LogP contribution in [0, 0.1) is 0 Å². The zero-order chi connectivity index (χ0) is 13.1. The topological polar surface area (TPSA) is 30.5 Å². The van der Waals surface area contributed by atoms with Gasteiger partial charge in [0.2, 0.25) is 0 Å². The predicted molar refractivity (Wildman–Crippen MR) is 80.1 cm³/mol. The first kappa shape index (κ1) is 13.0. The summed E-state index contributed by atoms with van der Waals surface area (Å²) in [6.07, 6.45) is 0.0679. The summed E-state index contributed by atoms with van der Waals surface area (Å²) < 4.78 is 12.7. The molecule has 0 radical (unpaired) electrons. The lowest BCUT2D eigenvalue weighted by atomic mass is 10.2. The molecule has 0 spiro atoms. The second-order valence-electron chi connectivity index (χ2n) is 4.36. The highest BCUT2D eigenvalue weighted by atomic mass is 79.9. The molecule has 1 aromatic carbocycles. The number of benzene rings is 1. The van der Waals surface area contributed by atoms with Gasteiger partial charge in [-0.3, -0.25) is 0 Å². The molecule has 3 rings (SSSR count). The minimum Gasteiger partial charge on any atom is -0.486 e. The maximum atomic E-state index is 5.88. The van der Waals surface area contributed by atoms with Crippen LogP contribution < -0.4 is 14.8 Å². The average Bonchev–Trinajstić information content (AvgIpc) is 2.84. The van der Waals surface area contributed by atoms with Crippen molar-refractivity contribution in [2.75, 3.05) is 13.2 Å². The lowest BCUT2D eigenvalue weighted by molar-refractivity contribution is 0.0903. The third-order valence-electron chi connectivity index (χ3n) is 2.86. The SMILES string of the molecule is Brc1csc(CNC[C@@H]2COc3ccccc3O2)c1. The molecule has 1 aliphatic heterocycles. The van der Waals surface area contributed by atoms with Crippen molar-refractivity contribution in [2.45, 2.75) is 12.6 Å². The molecule has 0 aliphatic carbocycles. The minimum absolute atomic E-state index is 0.0679. The van der Waals surface area contributed by atoms with Crippen LogP contribution in [-0.2, 0) is 6.54 Å². The van der Waals surface area contributed by atoms with Gasteiger partial charge in [0.1, 0.15) is 12.7 Å². The fraction of sp³-hybridized carbons (Fsp3) is 0.286. The number of ether oxygens (including phenoxy) is 2. The summed E-state index contributed by atoms with van der Waals surface area (Å²) >= 11 is 5.20. The second kappa shape index (κ2) is 5.94. The minimum atomic E-state index is 0.0679. The lowest BCUT2D eigenvalue weighted by Crippen LogP contribution is -2.38. The molecule has 1 N–H and O–H groups in total. The van der Waals surface area contributed by atoms with Gasteiger partial charge in [0, 0.05) is 27.8 Å². The van der Waals surface area contributed by atoms with Crippen molar-refractivity contribution in [3.8, 4) is 11.5 Å². The number of hydrogen-bond donors (Lipinski definition) is 1. The van der Waals surface area contributed by atoms with Gasteiger partial charge in [0.15, 0.2) is 11.5 Å². The van der Waals surface area contributed by atoms with Crippen LogP contribution in [0.3, 0.4) is 0 Å². The molecule has 0 bridgehead atoms. The fourth-order valence-corrected chi connectivity index (χ4v) is 3.39. The lowest BCUT2D eigenvalue weighted by Gasteiger charge is -2.26. The summed E-state index contributed by atoms with van der Waals surface area (Å²) in [5.41, 5.74) is 0. The molecule has 100 valence electrons. The molecule has 1 atom stereocenters. The van der Waals surface area contributed by atoms with Crippen LogP contribution in [0.1, 0.15) is 4.88 Å². The number of halogens is 1. The van der Waals surface area contributed by atoms with Crippen LogP contribution in [0.15, 0.2) is 40.2 Å². The Balaban J connectivity index is 1.50. The van der Waals surface area contributed by atoms with E-state index >= 15 is 0 Å². The first-order valence-electron chi connectivity index (χ1n) is 6.13. The Kier molecular flexibility index (Phi) is 4.06. The Hall–Kier alpha value is -1.04. The van der Waals surface area contributed by atoms with Gasteiger partial charge < -0.3 is 14.8 Å². The maximum Gasteiger partial charge on any atom is 0.161 e. The molecule has 0 amide bonds. The molecule has 2 aromatic rings. The third-order valence-corrected chi connectivity index (χ3v) is 4.56. The molecule has 5 heteroatoms. The van der Waals surface area contributed by atoms with E-state index in [9.17, 15) is 0 Å².